The van der Waals surface area contributed by atoms with Gasteiger partial charge in [-0.3, -0.25) is 4.79 Å². The van der Waals surface area contributed by atoms with Crippen LogP contribution < -0.4 is 10.2 Å². The summed E-state index contributed by atoms with van der Waals surface area (Å²) in [6.45, 7) is 4.67. The van der Waals surface area contributed by atoms with Gasteiger partial charge in [0.2, 0.25) is 0 Å². The Kier molecular flexibility index (Phi) is 4.43. The number of nitrogens with one attached hydrogen (secondary N) is 1. The molecule has 1 unspecified atom stereocenters. The predicted octanol–water partition coefficient (Wildman–Crippen LogP) is 1.58. The van der Waals surface area contributed by atoms with Crippen LogP contribution in [0.5, 0.6) is 0 Å². The molecule has 1 atom stereocenters. The fourth-order valence-corrected chi connectivity index (χ4v) is 2.30. The Morgan fingerprint density at radius 3 is 2.58 bits per heavy atom. The van der Waals surface area contributed by atoms with Gasteiger partial charge in [-0.05, 0) is 37.6 Å². The van der Waals surface area contributed by atoms with Crippen LogP contribution in [0.3, 0.4) is 0 Å². The van der Waals surface area contributed by atoms with Crippen LogP contribution in [0.1, 0.15) is 23.7 Å². The third kappa shape index (κ3) is 3.47. The first-order valence-corrected chi connectivity index (χ1v) is 6.88. The van der Waals surface area contributed by atoms with Crippen molar-refractivity contribution in [1.82, 2.24) is 10.2 Å². The minimum absolute atomic E-state index is 0.140. The lowest BCUT2D eigenvalue weighted by atomic mass is 10.1. The quantitative estimate of drug-likeness (QED) is 0.878. The summed E-state index contributed by atoms with van der Waals surface area (Å²) < 4.78 is 0. The van der Waals surface area contributed by atoms with Crippen molar-refractivity contribution in [3.8, 4) is 0 Å². The summed E-state index contributed by atoms with van der Waals surface area (Å²) in [7, 11) is 4.00. The first-order chi connectivity index (χ1) is 9.08. The van der Waals surface area contributed by atoms with E-state index < -0.39 is 0 Å². The molecule has 4 heteroatoms. The van der Waals surface area contributed by atoms with E-state index in [1.165, 1.54) is 0 Å². The molecule has 104 valence electrons. The van der Waals surface area contributed by atoms with E-state index in [9.17, 15) is 4.79 Å². The van der Waals surface area contributed by atoms with Crippen molar-refractivity contribution in [2.45, 2.75) is 19.4 Å². The lowest BCUT2D eigenvalue weighted by Crippen LogP contribution is -2.34. The van der Waals surface area contributed by atoms with E-state index in [2.05, 4.69) is 12.2 Å². The maximum Gasteiger partial charge on any atom is 0.253 e. The van der Waals surface area contributed by atoms with Crippen molar-refractivity contribution >= 4 is 11.6 Å². The highest BCUT2D eigenvalue weighted by Gasteiger charge is 2.19. The van der Waals surface area contributed by atoms with Crippen molar-refractivity contribution in [3.63, 3.8) is 0 Å². The normalized spacial score (nSPS) is 19.9. The summed E-state index contributed by atoms with van der Waals surface area (Å²) in [6, 6.07) is 8.31. The van der Waals surface area contributed by atoms with Gasteiger partial charge >= 0.3 is 0 Å². The second kappa shape index (κ2) is 6.06. The Morgan fingerprint density at radius 1 is 1.26 bits per heavy atom. The molecular formula is C15H23N3O. The van der Waals surface area contributed by atoms with Crippen molar-refractivity contribution in [2.75, 3.05) is 38.6 Å². The Morgan fingerprint density at radius 2 is 1.95 bits per heavy atom. The molecule has 0 spiro atoms. The summed E-state index contributed by atoms with van der Waals surface area (Å²) >= 11 is 0. The zero-order valence-electron chi connectivity index (χ0n) is 12.0. The van der Waals surface area contributed by atoms with Crippen molar-refractivity contribution < 1.29 is 4.79 Å². The molecule has 1 N–H and O–H groups in total. The van der Waals surface area contributed by atoms with Gasteiger partial charge in [0.1, 0.15) is 0 Å². The van der Waals surface area contributed by atoms with Crippen LogP contribution in [-0.4, -0.2) is 50.6 Å². The molecule has 1 amide bonds. The summed E-state index contributed by atoms with van der Waals surface area (Å²) in [5.41, 5.74) is 1.89. The number of carbonyl (C=O) groups is 1. The Labute approximate surface area is 115 Å². The molecule has 1 saturated heterocycles. The first-order valence-electron chi connectivity index (χ1n) is 6.88. The minimum Gasteiger partial charge on any atom is -0.378 e. The predicted molar refractivity (Wildman–Crippen MR) is 78.8 cm³/mol. The lowest BCUT2D eigenvalue weighted by Gasteiger charge is -2.20. The fraction of sp³-hybridized carbons (Fsp3) is 0.533. The number of hydrogen-bond donors (Lipinski definition) is 1. The number of anilines is 1. The van der Waals surface area contributed by atoms with Crippen LogP contribution >= 0.6 is 0 Å². The summed E-state index contributed by atoms with van der Waals surface area (Å²) in [4.78, 5) is 16.4. The van der Waals surface area contributed by atoms with Gasteiger partial charge < -0.3 is 15.1 Å². The molecule has 0 radical (unpaired) electrons. The molecule has 1 aromatic carbocycles. The third-order valence-corrected chi connectivity index (χ3v) is 3.62. The van der Waals surface area contributed by atoms with Crippen molar-refractivity contribution in [2.24, 2.45) is 0 Å². The molecule has 1 aliphatic heterocycles. The Hall–Kier alpha value is -1.55. The van der Waals surface area contributed by atoms with E-state index in [0.717, 1.165) is 37.3 Å². The lowest BCUT2D eigenvalue weighted by molar-refractivity contribution is 0.0765. The third-order valence-electron chi connectivity index (χ3n) is 3.62. The molecule has 0 bridgehead atoms. The van der Waals surface area contributed by atoms with E-state index in [1.807, 2.05) is 48.2 Å². The highest BCUT2D eigenvalue weighted by molar-refractivity contribution is 5.94. The molecule has 1 heterocycles. The average molecular weight is 261 g/mol. The van der Waals surface area contributed by atoms with E-state index in [1.54, 1.807) is 0 Å². The van der Waals surface area contributed by atoms with Gasteiger partial charge in [-0.25, -0.2) is 0 Å². The fourth-order valence-electron chi connectivity index (χ4n) is 2.30. The molecule has 1 aromatic rings. The maximum absolute atomic E-state index is 12.4. The van der Waals surface area contributed by atoms with Gasteiger partial charge in [0, 0.05) is 51.0 Å². The second-order valence-corrected chi connectivity index (χ2v) is 5.38. The van der Waals surface area contributed by atoms with E-state index in [0.29, 0.717) is 6.04 Å². The van der Waals surface area contributed by atoms with Gasteiger partial charge in [-0.2, -0.15) is 0 Å². The van der Waals surface area contributed by atoms with Gasteiger partial charge in [0.05, 0.1) is 0 Å². The van der Waals surface area contributed by atoms with Crippen LogP contribution in [0, 0.1) is 0 Å². The molecule has 19 heavy (non-hydrogen) atoms. The van der Waals surface area contributed by atoms with Gasteiger partial charge in [0.25, 0.3) is 5.91 Å². The largest absolute Gasteiger partial charge is 0.378 e. The number of carbonyl (C=O) groups excluding carboxylic acids is 1. The summed E-state index contributed by atoms with van der Waals surface area (Å²) in [6.07, 6.45) is 1.02. The van der Waals surface area contributed by atoms with Gasteiger partial charge in [-0.1, -0.05) is 0 Å². The van der Waals surface area contributed by atoms with Gasteiger partial charge in [-0.15, -0.1) is 0 Å². The summed E-state index contributed by atoms with van der Waals surface area (Å²) in [5.74, 6) is 0.140. The topological polar surface area (TPSA) is 35.6 Å². The molecular weight excluding hydrogens is 238 g/mol. The first kappa shape index (κ1) is 13.9. The van der Waals surface area contributed by atoms with E-state index in [-0.39, 0.29) is 5.91 Å². The van der Waals surface area contributed by atoms with E-state index in [4.69, 9.17) is 0 Å². The highest BCUT2D eigenvalue weighted by atomic mass is 16.2. The molecule has 2 rings (SSSR count). The SMILES string of the molecule is CC1CCN(C(=O)c2ccc(N(C)C)cc2)CCN1. The number of nitrogens with zero attached hydrogens (tertiary/aromatic N) is 2. The smallest absolute Gasteiger partial charge is 0.253 e. The maximum atomic E-state index is 12.4. The number of amides is 1. The van der Waals surface area contributed by atoms with Gasteiger partial charge in [0.15, 0.2) is 0 Å². The average Bonchev–Trinajstić information content (AvgIpc) is 2.63. The van der Waals surface area contributed by atoms with Crippen molar-refractivity contribution in [3.05, 3.63) is 29.8 Å². The second-order valence-electron chi connectivity index (χ2n) is 5.38. The Balaban J connectivity index is 2.06. The summed E-state index contributed by atoms with van der Waals surface area (Å²) in [5, 5.41) is 3.40. The molecule has 4 nitrogen and oxygen atoms in total. The molecule has 1 aliphatic rings. The number of rotatable bonds is 2. The number of hydrogen-bond acceptors (Lipinski definition) is 3. The Bertz CT molecular complexity index is 428. The van der Waals surface area contributed by atoms with Crippen molar-refractivity contribution in [1.29, 1.82) is 0 Å². The van der Waals surface area contributed by atoms with Crippen LogP contribution in [-0.2, 0) is 0 Å². The minimum atomic E-state index is 0.140. The zero-order chi connectivity index (χ0) is 13.8. The number of benzene rings is 1. The standard InChI is InChI=1S/C15H23N3O/c1-12-8-10-18(11-9-16-12)15(19)13-4-6-14(7-5-13)17(2)3/h4-7,12,16H,8-11H2,1-3H3. The van der Waals surface area contributed by atoms with Crippen LogP contribution in [0.2, 0.25) is 0 Å². The molecule has 1 fully saturated rings. The van der Waals surface area contributed by atoms with Crippen LogP contribution in [0.4, 0.5) is 5.69 Å². The highest BCUT2D eigenvalue weighted by Crippen LogP contribution is 2.14. The zero-order valence-corrected chi connectivity index (χ0v) is 12.0. The van der Waals surface area contributed by atoms with Crippen LogP contribution in [0.25, 0.3) is 0 Å². The van der Waals surface area contributed by atoms with Crippen LogP contribution in [0.15, 0.2) is 24.3 Å². The van der Waals surface area contributed by atoms with E-state index >= 15 is 0 Å². The monoisotopic (exact) mass is 261 g/mol. The molecule has 0 saturated carbocycles. The molecule has 0 aliphatic carbocycles. The molecule has 0 aromatic heterocycles.